The smallest absolute Gasteiger partial charge is 0.0764 e. The molecule has 0 radical (unpaired) electrons. The zero-order chi connectivity index (χ0) is 13.8. The highest BCUT2D eigenvalue weighted by atomic mass is 15.3. The van der Waals surface area contributed by atoms with E-state index in [9.17, 15) is 0 Å². The highest BCUT2D eigenvalue weighted by Gasteiger charge is 2.23. The number of hydrogen-bond acceptors (Lipinski definition) is 3. The van der Waals surface area contributed by atoms with Gasteiger partial charge >= 0.3 is 0 Å². The fourth-order valence-electron chi connectivity index (χ4n) is 3.75. The molecule has 1 saturated carbocycles. The van der Waals surface area contributed by atoms with Crippen molar-refractivity contribution >= 4 is 0 Å². The van der Waals surface area contributed by atoms with Crippen LogP contribution in [0.15, 0.2) is 12.3 Å². The van der Waals surface area contributed by atoms with E-state index in [4.69, 9.17) is 5.10 Å². The molecule has 0 amide bonds. The SMILES string of the molecule is CNCC1CCN(Cc2ccn(C3CCCCC3)n2)C1. The van der Waals surface area contributed by atoms with Crippen molar-refractivity contribution in [3.63, 3.8) is 0 Å². The lowest BCUT2D eigenvalue weighted by Crippen LogP contribution is -2.24. The monoisotopic (exact) mass is 276 g/mol. The summed E-state index contributed by atoms with van der Waals surface area (Å²) >= 11 is 0. The van der Waals surface area contributed by atoms with Crippen molar-refractivity contribution in [2.45, 2.75) is 51.1 Å². The highest BCUT2D eigenvalue weighted by Crippen LogP contribution is 2.27. The van der Waals surface area contributed by atoms with Crippen LogP contribution in [0.3, 0.4) is 0 Å². The van der Waals surface area contributed by atoms with E-state index in [1.807, 2.05) is 0 Å². The lowest BCUT2D eigenvalue weighted by Gasteiger charge is -2.22. The van der Waals surface area contributed by atoms with Crippen molar-refractivity contribution in [3.05, 3.63) is 18.0 Å². The molecule has 1 atom stereocenters. The Balaban J connectivity index is 1.52. The normalized spacial score (nSPS) is 25.4. The van der Waals surface area contributed by atoms with Crippen LogP contribution in [0.5, 0.6) is 0 Å². The fourth-order valence-corrected chi connectivity index (χ4v) is 3.75. The van der Waals surface area contributed by atoms with Crippen molar-refractivity contribution < 1.29 is 0 Å². The van der Waals surface area contributed by atoms with Gasteiger partial charge in [-0.05, 0) is 51.4 Å². The second-order valence-electron chi connectivity index (χ2n) is 6.53. The van der Waals surface area contributed by atoms with Crippen molar-refractivity contribution in [3.8, 4) is 0 Å². The van der Waals surface area contributed by atoms with Gasteiger partial charge in [0.05, 0.1) is 11.7 Å². The Morgan fingerprint density at radius 2 is 2.10 bits per heavy atom. The van der Waals surface area contributed by atoms with Crippen LogP contribution in [0, 0.1) is 5.92 Å². The predicted octanol–water partition coefficient (Wildman–Crippen LogP) is 2.43. The average Bonchev–Trinajstić information content (AvgIpc) is 3.11. The summed E-state index contributed by atoms with van der Waals surface area (Å²) in [6.45, 7) is 4.62. The van der Waals surface area contributed by atoms with Crippen LogP contribution in [0.1, 0.15) is 50.3 Å². The Morgan fingerprint density at radius 3 is 2.90 bits per heavy atom. The summed E-state index contributed by atoms with van der Waals surface area (Å²) in [6.07, 6.45) is 10.3. The summed E-state index contributed by atoms with van der Waals surface area (Å²) in [5.74, 6) is 0.820. The predicted molar refractivity (Wildman–Crippen MR) is 81.7 cm³/mol. The van der Waals surface area contributed by atoms with E-state index < -0.39 is 0 Å². The molecule has 2 fully saturated rings. The molecular formula is C16H28N4. The standard InChI is InChI=1S/C16H28N4/c1-17-11-14-7-9-19(12-14)13-15-8-10-20(18-15)16-5-3-2-4-6-16/h8,10,14,16-17H,2-7,9,11-13H2,1H3. The van der Waals surface area contributed by atoms with Gasteiger partial charge in [-0.1, -0.05) is 19.3 Å². The van der Waals surface area contributed by atoms with Gasteiger partial charge in [-0.15, -0.1) is 0 Å². The molecule has 0 spiro atoms. The van der Waals surface area contributed by atoms with Gasteiger partial charge in [-0.2, -0.15) is 5.10 Å². The van der Waals surface area contributed by atoms with Crippen LogP contribution in [-0.4, -0.2) is 41.4 Å². The van der Waals surface area contributed by atoms with Gasteiger partial charge < -0.3 is 5.32 Å². The molecule has 2 heterocycles. The van der Waals surface area contributed by atoms with Crippen LogP contribution in [0.4, 0.5) is 0 Å². The molecule has 112 valence electrons. The van der Waals surface area contributed by atoms with E-state index in [2.05, 4.69) is 34.2 Å². The second-order valence-corrected chi connectivity index (χ2v) is 6.53. The first kappa shape index (κ1) is 14.1. The van der Waals surface area contributed by atoms with E-state index in [1.165, 1.54) is 57.3 Å². The Morgan fingerprint density at radius 1 is 1.25 bits per heavy atom. The molecule has 1 N–H and O–H groups in total. The second kappa shape index (κ2) is 6.72. The zero-order valence-electron chi connectivity index (χ0n) is 12.7. The number of hydrogen-bond donors (Lipinski definition) is 1. The van der Waals surface area contributed by atoms with E-state index >= 15 is 0 Å². The lowest BCUT2D eigenvalue weighted by molar-refractivity contribution is 0.301. The molecule has 1 aliphatic carbocycles. The fraction of sp³-hybridized carbons (Fsp3) is 0.812. The molecule has 1 unspecified atom stereocenters. The summed E-state index contributed by atoms with van der Waals surface area (Å²) in [5.41, 5.74) is 1.25. The molecule has 1 saturated heterocycles. The van der Waals surface area contributed by atoms with Gasteiger partial charge in [0.25, 0.3) is 0 Å². The summed E-state index contributed by atoms with van der Waals surface area (Å²) in [6, 6.07) is 2.88. The van der Waals surface area contributed by atoms with Crippen LogP contribution >= 0.6 is 0 Å². The molecule has 2 aliphatic rings. The quantitative estimate of drug-likeness (QED) is 0.896. The van der Waals surface area contributed by atoms with Crippen molar-refractivity contribution in [1.82, 2.24) is 20.0 Å². The maximum Gasteiger partial charge on any atom is 0.0764 e. The Hall–Kier alpha value is -0.870. The number of likely N-dealkylation sites (tertiary alicyclic amines) is 1. The molecule has 0 aromatic carbocycles. The van der Waals surface area contributed by atoms with Crippen LogP contribution < -0.4 is 5.32 Å². The minimum absolute atomic E-state index is 0.660. The van der Waals surface area contributed by atoms with Gasteiger partial charge in [0.15, 0.2) is 0 Å². The molecule has 4 nitrogen and oxygen atoms in total. The number of nitrogens with zero attached hydrogens (tertiary/aromatic N) is 3. The van der Waals surface area contributed by atoms with Crippen LogP contribution in [0.25, 0.3) is 0 Å². The van der Waals surface area contributed by atoms with Gasteiger partial charge in [0, 0.05) is 19.3 Å². The molecule has 1 aliphatic heterocycles. The van der Waals surface area contributed by atoms with Crippen LogP contribution in [0.2, 0.25) is 0 Å². The maximum absolute atomic E-state index is 4.83. The summed E-state index contributed by atoms with van der Waals surface area (Å²) in [7, 11) is 2.05. The molecule has 20 heavy (non-hydrogen) atoms. The van der Waals surface area contributed by atoms with Crippen molar-refractivity contribution in [2.75, 3.05) is 26.7 Å². The van der Waals surface area contributed by atoms with Crippen molar-refractivity contribution in [1.29, 1.82) is 0 Å². The van der Waals surface area contributed by atoms with Gasteiger partial charge in [0.2, 0.25) is 0 Å². The molecule has 0 bridgehead atoms. The lowest BCUT2D eigenvalue weighted by atomic mass is 9.96. The molecule has 1 aromatic rings. The average molecular weight is 276 g/mol. The zero-order valence-corrected chi connectivity index (χ0v) is 12.7. The maximum atomic E-state index is 4.83. The minimum Gasteiger partial charge on any atom is -0.319 e. The van der Waals surface area contributed by atoms with Crippen molar-refractivity contribution in [2.24, 2.45) is 5.92 Å². The third-order valence-corrected chi connectivity index (χ3v) is 4.86. The van der Waals surface area contributed by atoms with E-state index in [-0.39, 0.29) is 0 Å². The van der Waals surface area contributed by atoms with Gasteiger partial charge in [-0.3, -0.25) is 9.58 Å². The summed E-state index contributed by atoms with van der Waals surface area (Å²) in [5, 5.41) is 8.12. The summed E-state index contributed by atoms with van der Waals surface area (Å²) in [4.78, 5) is 2.55. The van der Waals surface area contributed by atoms with E-state index in [1.54, 1.807) is 0 Å². The first-order chi connectivity index (χ1) is 9.85. The van der Waals surface area contributed by atoms with Gasteiger partial charge in [0.1, 0.15) is 0 Å². The van der Waals surface area contributed by atoms with Gasteiger partial charge in [-0.25, -0.2) is 0 Å². The Bertz CT molecular complexity index is 408. The molecule has 3 rings (SSSR count). The van der Waals surface area contributed by atoms with E-state index in [0.717, 1.165) is 19.0 Å². The number of aromatic nitrogens is 2. The number of rotatable bonds is 5. The molecular weight excluding hydrogens is 248 g/mol. The van der Waals surface area contributed by atoms with Crippen LogP contribution in [-0.2, 0) is 6.54 Å². The minimum atomic E-state index is 0.660. The largest absolute Gasteiger partial charge is 0.319 e. The topological polar surface area (TPSA) is 33.1 Å². The third-order valence-electron chi connectivity index (χ3n) is 4.86. The molecule has 4 heteroatoms. The van der Waals surface area contributed by atoms with E-state index in [0.29, 0.717) is 6.04 Å². The Labute approximate surface area is 122 Å². The molecule has 1 aromatic heterocycles. The summed E-state index contributed by atoms with van der Waals surface area (Å²) < 4.78 is 2.23. The Kier molecular flexibility index (Phi) is 4.73. The third kappa shape index (κ3) is 3.41. The number of nitrogens with one attached hydrogen (secondary N) is 1. The first-order valence-electron chi connectivity index (χ1n) is 8.26. The first-order valence-corrected chi connectivity index (χ1v) is 8.26. The highest BCUT2D eigenvalue weighted by molar-refractivity contribution is 5.01.